The van der Waals surface area contributed by atoms with Crippen LogP contribution in [0.1, 0.15) is 54.5 Å². The second kappa shape index (κ2) is 15.4. The number of aliphatic hydroxyl groups excluding tert-OH is 2. The second-order valence-corrected chi connectivity index (χ2v) is 11.1. The van der Waals surface area contributed by atoms with Crippen molar-refractivity contribution in [2.24, 2.45) is 0 Å². The number of hydrogen-bond acceptors (Lipinski definition) is 6. The van der Waals surface area contributed by atoms with E-state index in [1.807, 2.05) is 54.8 Å². The SMILES string of the molecule is COc1ccc(CNC(=O)c2c(-c3ccccc3)c(-c3ccc(F)cc3)c(C=CC(O)CC(O)CC(=O)O)n2C(C)C)c(OC)c1. The molecule has 9 nitrogen and oxygen atoms in total. The maximum Gasteiger partial charge on any atom is 0.305 e. The number of ether oxygens (including phenoxy) is 2. The molecule has 46 heavy (non-hydrogen) atoms. The Morgan fingerprint density at radius 1 is 0.935 bits per heavy atom. The van der Waals surface area contributed by atoms with Gasteiger partial charge in [0.2, 0.25) is 0 Å². The lowest BCUT2D eigenvalue weighted by Gasteiger charge is -2.18. The number of carbonyl (C=O) groups excluding carboxylic acids is 1. The summed E-state index contributed by atoms with van der Waals surface area (Å²) < 4.78 is 26.8. The van der Waals surface area contributed by atoms with Crippen LogP contribution in [0.2, 0.25) is 0 Å². The van der Waals surface area contributed by atoms with Crippen molar-refractivity contribution >= 4 is 18.0 Å². The zero-order chi connectivity index (χ0) is 33.4. The van der Waals surface area contributed by atoms with E-state index in [0.29, 0.717) is 39.6 Å². The number of aliphatic hydroxyl groups is 2. The zero-order valence-corrected chi connectivity index (χ0v) is 26.2. The molecule has 2 atom stereocenters. The van der Waals surface area contributed by atoms with E-state index in [0.717, 1.165) is 11.1 Å². The first-order valence-corrected chi connectivity index (χ1v) is 14.9. The van der Waals surface area contributed by atoms with Crippen LogP contribution in [-0.4, -0.2) is 58.2 Å². The molecule has 0 saturated heterocycles. The molecule has 1 amide bonds. The van der Waals surface area contributed by atoms with Gasteiger partial charge in [-0.2, -0.15) is 0 Å². The summed E-state index contributed by atoms with van der Waals surface area (Å²) in [5, 5.41) is 32.9. The van der Waals surface area contributed by atoms with Gasteiger partial charge in [-0.3, -0.25) is 9.59 Å². The van der Waals surface area contributed by atoms with E-state index in [4.69, 9.17) is 14.6 Å². The molecule has 0 fully saturated rings. The molecule has 0 aliphatic rings. The van der Waals surface area contributed by atoms with Crippen molar-refractivity contribution in [1.29, 1.82) is 0 Å². The molecule has 3 aromatic carbocycles. The van der Waals surface area contributed by atoms with Gasteiger partial charge in [0.15, 0.2) is 0 Å². The molecule has 1 heterocycles. The summed E-state index contributed by atoms with van der Waals surface area (Å²) in [6, 6.07) is 20.4. The van der Waals surface area contributed by atoms with Crippen molar-refractivity contribution in [3.8, 4) is 33.8 Å². The number of nitrogens with zero attached hydrogens (tertiary/aromatic N) is 1. The molecule has 0 aliphatic heterocycles. The van der Waals surface area contributed by atoms with Crippen LogP contribution in [0.3, 0.4) is 0 Å². The summed E-state index contributed by atoms with van der Waals surface area (Å²) in [5.41, 5.74) is 4.31. The third-order valence-electron chi connectivity index (χ3n) is 7.50. The van der Waals surface area contributed by atoms with Gasteiger partial charge in [0.1, 0.15) is 23.0 Å². The highest BCUT2D eigenvalue weighted by Gasteiger charge is 2.29. The lowest BCUT2D eigenvalue weighted by atomic mass is 9.94. The number of methoxy groups -OCH3 is 2. The number of rotatable bonds is 14. The van der Waals surface area contributed by atoms with Crippen LogP contribution in [0, 0.1) is 5.82 Å². The summed E-state index contributed by atoms with van der Waals surface area (Å²) in [4.78, 5) is 25.3. The van der Waals surface area contributed by atoms with E-state index in [9.17, 15) is 24.2 Å². The summed E-state index contributed by atoms with van der Waals surface area (Å²) in [7, 11) is 3.10. The minimum Gasteiger partial charge on any atom is -0.497 e. The summed E-state index contributed by atoms with van der Waals surface area (Å²) in [6.07, 6.45) is -0.0000707. The number of aliphatic carboxylic acids is 1. The van der Waals surface area contributed by atoms with E-state index in [-0.39, 0.29) is 24.9 Å². The van der Waals surface area contributed by atoms with Crippen LogP contribution in [0.15, 0.2) is 78.9 Å². The first-order chi connectivity index (χ1) is 22.0. The lowest BCUT2D eigenvalue weighted by Crippen LogP contribution is -2.27. The van der Waals surface area contributed by atoms with Gasteiger partial charge in [0.05, 0.1) is 32.8 Å². The number of carbonyl (C=O) groups is 2. The first-order valence-electron chi connectivity index (χ1n) is 14.9. The number of halogens is 1. The Balaban J connectivity index is 1.90. The Morgan fingerprint density at radius 2 is 1.61 bits per heavy atom. The van der Waals surface area contributed by atoms with Crippen molar-refractivity contribution in [2.45, 2.75) is 51.5 Å². The Kier molecular flexibility index (Phi) is 11.3. The number of carboxylic acid groups (broad SMARTS) is 1. The third-order valence-corrected chi connectivity index (χ3v) is 7.50. The fourth-order valence-electron chi connectivity index (χ4n) is 5.43. The lowest BCUT2D eigenvalue weighted by molar-refractivity contribution is -0.139. The Morgan fingerprint density at radius 3 is 2.22 bits per heavy atom. The molecule has 4 rings (SSSR count). The quantitative estimate of drug-likeness (QED) is 0.133. The number of amides is 1. The Bertz CT molecular complexity index is 1680. The largest absolute Gasteiger partial charge is 0.497 e. The molecule has 0 spiro atoms. The van der Waals surface area contributed by atoms with E-state index in [1.54, 1.807) is 44.6 Å². The van der Waals surface area contributed by atoms with Gasteiger partial charge in [0, 0.05) is 47.5 Å². The molecule has 0 aliphatic carbocycles. The monoisotopic (exact) mass is 630 g/mol. The van der Waals surface area contributed by atoms with Gasteiger partial charge < -0.3 is 34.7 Å². The smallest absolute Gasteiger partial charge is 0.305 e. The Labute approximate surface area is 267 Å². The molecule has 0 bridgehead atoms. The van der Waals surface area contributed by atoms with Crippen LogP contribution in [0.4, 0.5) is 4.39 Å². The van der Waals surface area contributed by atoms with Crippen molar-refractivity contribution in [2.75, 3.05) is 14.2 Å². The van der Waals surface area contributed by atoms with Crippen molar-refractivity contribution < 1.29 is 38.8 Å². The fraction of sp³-hybridized carbons (Fsp3) is 0.278. The van der Waals surface area contributed by atoms with Crippen molar-refractivity contribution in [3.63, 3.8) is 0 Å². The van der Waals surface area contributed by atoms with Crippen molar-refractivity contribution in [1.82, 2.24) is 9.88 Å². The third kappa shape index (κ3) is 8.01. The number of aromatic nitrogens is 1. The van der Waals surface area contributed by atoms with Crippen LogP contribution in [-0.2, 0) is 11.3 Å². The normalized spacial score (nSPS) is 12.7. The number of nitrogens with one attached hydrogen (secondary N) is 1. The average Bonchev–Trinajstić information content (AvgIpc) is 3.38. The van der Waals surface area contributed by atoms with Gasteiger partial charge in [-0.25, -0.2) is 4.39 Å². The highest BCUT2D eigenvalue weighted by Crippen LogP contribution is 2.42. The summed E-state index contributed by atoms with van der Waals surface area (Å²) in [6.45, 7) is 4.01. The standard InChI is InChI=1S/C36H39FN2O7/c1-22(2)39-30(17-15-27(40)18-28(41)19-32(42)43)33(24-10-13-26(37)14-11-24)34(23-8-6-5-7-9-23)35(39)36(44)38-21-25-12-16-29(45-3)20-31(25)46-4/h5-17,20,22,27-28,40-41H,18-19,21H2,1-4H3,(H,38,44)(H,42,43). The van der Waals surface area contributed by atoms with Gasteiger partial charge in [-0.1, -0.05) is 48.5 Å². The maximum atomic E-state index is 14.3. The Hall–Kier alpha value is -4.93. The molecular weight excluding hydrogens is 591 g/mol. The van der Waals surface area contributed by atoms with E-state index in [2.05, 4.69) is 5.32 Å². The van der Waals surface area contributed by atoms with Crippen LogP contribution < -0.4 is 14.8 Å². The highest BCUT2D eigenvalue weighted by molar-refractivity contribution is 6.06. The van der Waals surface area contributed by atoms with E-state index < -0.39 is 30.4 Å². The predicted octanol–water partition coefficient (Wildman–Crippen LogP) is 6.09. The fourth-order valence-corrected chi connectivity index (χ4v) is 5.43. The van der Waals surface area contributed by atoms with Crippen LogP contribution in [0.5, 0.6) is 11.5 Å². The predicted molar refractivity (Wildman–Crippen MR) is 174 cm³/mol. The van der Waals surface area contributed by atoms with Gasteiger partial charge in [0.25, 0.3) is 5.91 Å². The van der Waals surface area contributed by atoms with Gasteiger partial charge in [-0.15, -0.1) is 0 Å². The van der Waals surface area contributed by atoms with Crippen LogP contribution >= 0.6 is 0 Å². The number of carboxylic acids is 1. The summed E-state index contributed by atoms with van der Waals surface area (Å²) >= 11 is 0. The topological polar surface area (TPSA) is 130 Å². The summed E-state index contributed by atoms with van der Waals surface area (Å²) in [5.74, 6) is -0.793. The zero-order valence-electron chi connectivity index (χ0n) is 26.2. The molecule has 4 aromatic rings. The average molecular weight is 631 g/mol. The molecule has 242 valence electrons. The van der Waals surface area contributed by atoms with Crippen molar-refractivity contribution in [3.05, 3.63) is 102 Å². The molecular formula is C36H39FN2O7. The van der Waals surface area contributed by atoms with E-state index >= 15 is 0 Å². The van der Waals surface area contributed by atoms with Gasteiger partial charge >= 0.3 is 5.97 Å². The second-order valence-electron chi connectivity index (χ2n) is 11.1. The molecule has 0 radical (unpaired) electrons. The number of benzene rings is 3. The minimum atomic E-state index is -1.25. The minimum absolute atomic E-state index is 0.154. The maximum absolute atomic E-state index is 14.3. The molecule has 2 unspecified atom stereocenters. The molecule has 0 saturated carbocycles. The molecule has 1 aromatic heterocycles. The number of hydrogen-bond donors (Lipinski definition) is 4. The van der Waals surface area contributed by atoms with E-state index in [1.165, 1.54) is 18.2 Å². The first kappa shape index (κ1) is 34.0. The molecule has 4 N–H and O–H groups in total. The molecule has 10 heteroatoms. The highest BCUT2D eigenvalue weighted by atomic mass is 19.1. The van der Waals surface area contributed by atoms with Crippen LogP contribution in [0.25, 0.3) is 28.3 Å². The van der Waals surface area contributed by atoms with Gasteiger partial charge in [-0.05, 0) is 55.3 Å².